The third kappa shape index (κ3) is 4.11. The van der Waals surface area contributed by atoms with E-state index in [-0.39, 0.29) is 18.0 Å². The number of nitrogens with one attached hydrogen (secondary N) is 2. The molecule has 1 aliphatic rings. The van der Waals surface area contributed by atoms with Crippen molar-refractivity contribution < 1.29 is 14.3 Å². The molecule has 0 spiro atoms. The summed E-state index contributed by atoms with van der Waals surface area (Å²) in [5, 5.41) is 6.11. The van der Waals surface area contributed by atoms with E-state index in [9.17, 15) is 4.79 Å². The molecule has 21 heavy (non-hydrogen) atoms. The van der Waals surface area contributed by atoms with Crippen LogP contribution in [0.5, 0.6) is 11.5 Å². The van der Waals surface area contributed by atoms with Gasteiger partial charge in [-0.15, -0.1) is 0 Å². The SMILES string of the molecule is CCNC(=O)C(C)NC(C)c1ccc2c(c1)OCCCO2. The Bertz CT molecular complexity index is 490. The van der Waals surface area contributed by atoms with Gasteiger partial charge in [0.25, 0.3) is 0 Å². The minimum atomic E-state index is -0.240. The lowest BCUT2D eigenvalue weighted by atomic mass is 10.1. The fourth-order valence-corrected chi connectivity index (χ4v) is 2.32. The number of carbonyl (C=O) groups is 1. The third-order valence-corrected chi connectivity index (χ3v) is 3.52. The number of amides is 1. The van der Waals surface area contributed by atoms with Crippen molar-refractivity contribution in [1.29, 1.82) is 0 Å². The average molecular weight is 292 g/mol. The van der Waals surface area contributed by atoms with Gasteiger partial charge in [0.2, 0.25) is 5.91 Å². The zero-order valence-corrected chi connectivity index (χ0v) is 12.9. The van der Waals surface area contributed by atoms with Gasteiger partial charge in [-0.2, -0.15) is 0 Å². The van der Waals surface area contributed by atoms with E-state index in [1.807, 2.05) is 39.0 Å². The van der Waals surface area contributed by atoms with Crippen LogP contribution in [-0.2, 0) is 4.79 Å². The van der Waals surface area contributed by atoms with Crippen molar-refractivity contribution >= 4 is 5.91 Å². The molecule has 0 aromatic heterocycles. The Morgan fingerprint density at radius 1 is 1.24 bits per heavy atom. The van der Waals surface area contributed by atoms with Gasteiger partial charge < -0.3 is 14.8 Å². The lowest BCUT2D eigenvalue weighted by Crippen LogP contribution is -2.43. The average Bonchev–Trinajstić information content (AvgIpc) is 2.71. The van der Waals surface area contributed by atoms with Crippen LogP contribution in [0.4, 0.5) is 0 Å². The summed E-state index contributed by atoms with van der Waals surface area (Å²) in [4.78, 5) is 11.8. The molecule has 2 N–H and O–H groups in total. The summed E-state index contributed by atoms with van der Waals surface area (Å²) < 4.78 is 11.3. The number of rotatable bonds is 5. The van der Waals surface area contributed by atoms with Gasteiger partial charge in [0.1, 0.15) is 0 Å². The van der Waals surface area contributed by atoms with Crippen LogP contribution in [0.1, 0.15) is 38.8 Å². The molecule has 0 radical (unpaired) electrons. The standard InChI is InChI=1S/C16H24N2O3/c1-4-17-16(19)12(3)18-11(2)13-6-7-14-15(10-13)21-9-5-8-20-14/h6-7,10-12,18H,4-5,8-9H2,1-3H3,(H,17,19). The van der Waals surface area contributed by atoms with Gasteiger partial charge in [0, 0.05) is 19.0 Å². The van der Waals surface area contributed by atoms with E-state index in [2.05, 4.69) is 10.6 Å². The topological polar surface area (TPSA) is 59.6 Å². The molecule has 0 aliphatic carbocycles. The molecule has 5 heteroatoms. The summed E-state index contributed by atoms with van der Waals surface area (Å²) in [5.74, 6) is 1.59. The molecular weight excluding hydrogens is 268 g/mol. The Labute approximate surface area is 126 Å². The molecule has 116 valence electrons. The van der Waals surface area contributed by atoms with Crippen LogP contribution in [0.15, 0.2) is 18.2 Å². The zero-order valence-electron chi connectivity index (χ0n) is 12.9. The largest absolute Gasteiger partial charge is 0.490 e. The molecule has 0 saturated heterocycles. The molecule has 2 unspecified atom stereocenters. The van der Waals surface area contributed by atoms with Crippen LogP contribution in [0.2, 0.25) is 0 Å². The monoisotopic (exact) mass is 292 g/mol. The number of likely N-dealkylation sites (N-methyl/N-ethyl adjacent to an activating group) is 1. The summed E-state index contributed by atoms with van der Waals surface area (Å²) in [6, 6.07) is 5.75. The van der Waals surface area contributed by atoms with Crippen LogP contribution >= 0.6 is 0 Å². The molecule has 0 fully saturated rings. The molecule has 5 nitrogen and oxygen atoms in total. The number of benzene rings is 1. The van der Waals surface area contributed by atoms with Crippen LogP contribution in [0.25, 0.3) is 0 Å². The van der Waals surface area contributed by atoms with Crippen LogP contribution in [-0.4, -0.2) is 31.7 Å². The molecule has 2 atom stereocenters. The molecule has 1 aromatic carbocycles. The Balaban J connectivity index is 2.04. The molecule has 0 bridgehead atoms. The van der Waals surface area contributed by atoms with Crippen LogP contribution in [0.3, 0.4) is 0 Å². The minimum absolute atomic E-state index is 0.0127. The molecular formula is C16H24N2O3. The van der Waals surface area contributed by atoms with E-state index in [4.69, 9.17) is 9.47 Å². The number of carbonyl (C=O) groups excluding carboxylic acids is 1. The Hall–Kier alpha value is -1.75. The molecule has 1 aromatic rings. The van der Waals surface area contributed by atoms with Crippen molar-refractivity contribution in [2.75, 3.05) is 19.8 Å². The second-order valence-corrected chi connectivity index (χ2v) is 5.26. The quantitative estimate of drug-likeness (QED) is 0.872. The van der Waals surface area contributed by atoms with E-state index in [0.717, 1.165) is 23.5 Å². The maximum Gasteiger partial charge on any atom is 0.236 e. The van der Waals surface area contributed by atoms with Gasteiger partial charge in [-0.05, 0) is 38.5 Å². The maximum atomic E-state index is 11.8. The van der Waals surface area contributed by atoms with Gasteiger partial charge in [0.05, 0.1) is 19.3 Å². The first kappa shape index (κ1) is 15.6. The van der Waals surface area contributed by atoms with Crippen molar-refractivity contribution in [3.63, 3.8) is 0 Å². The van der Waals surface area contributed by atoms with E-state index < -0.39 is 0 Å². The van der Waals surface area contributed by atoms with Crippen molar-refractivity contribution in [2.45, 2.75) is 39.3 Å². The van der Waals surface area contributed by atoms with Crippen molar-refractivity contribution in [3.8, 4) is 11.5 Å². The Kier molecular flexibility index (Phi) is 5.44. The number of hydrogen-bond donors (Lipinski definition) is 2. The first-order chi connectivity index (χ1) is 10.1. The number of fused-ring (bicyclic) bond motifs is 1. The van der Waals surface area contributed by atoms with E-state index >= 15 is 0 Å². The Morgan fingerprint density at radius 2 is 1.95 bits per heavy atom. The highest BCUT2D eigenvalue weighted by molar-refractivity contribution is 5.81. The Morgan fingerprint density at radius 3 is 2.67 bits per heavy atom. The first-order valence-corrected chi connectivity index (χ1v) is 7.55. The fraction of sp³-hybridized carbons (Fsp3) is 0.562. The van der Waals surface area contributed by atoms with Crippen molar-refractivity contribution in [2.24, 2.45) is 0 Å². The summed E-state index contributed by atoms with van der Waals surface area (Å²) in [6.45, 7) is 7.82. The van der Waals surface area contributed by atoms with Crippen LogP contribution < -0.4 is 20.1 Å². The zero-order chi connectivity index (χ0) is 15.2. The smallest absolute Gasteiger partial charge is 0.236 e. The van der Waals surface area contributed by atoms with E-state index in [1.165, 1.54) is 0 Å². The van der Waals surface area contributed by atoms with Gasteiger partial charge in [-0.1, -0.05) is 6.07 Å². The lowest BCUT2D eigenvalue weighted by molar-refractivity contribution is -0.122. The second kappa shape index (κ2) is 7.31. The van der Waals surface area contributed by atoms with E-state index in [1.54, 1.807) is 0 Å². The summed E-state index contributed by atoms with van der Waals surface area (Å²) in [6.07, 6.45) is 0.895. The highest BCUT2D eigenvalue weighted by Crippen LogP contribution is 2.32. The molecule has 2 rings (SSSR count). The van der Waals surface area contributed by atoms with Gasteiger partial charge >= 0.3 is 0 Å². The summed E-state index contributed by atoms with van der Waals surface area (Å²) >= 11 is 0. The van der Waals surface area contributed by atoms with Gasteiger partial charge in [0.15, 0.2) is 11.5 Å². The molecule has 1 amide bonds. The minimum Gasteiger partial charge on any atom is -0.490 e. The first-order valence-electron chi connectivity index (χ1n) is 7.55. The summed E-state index contributed by atoms with van der Waals surface area (Å²) in [5.41, 5.74) is 1.08. The highest BCUT2D eigenvalue weighted by atomic mass is 16.5. The highest BCUT2D eigenvalue weighted by Gasteiger charge is 2.17. The van der Waals surface area contributed by atoms with E-state index in [0.29, 0.717) is 19.8 Å². The van der Waals surface area contributed by atoms with Gasteiger partial charge in [-0.3, -0.25) is 10.1 Å². The molecule has 0 saturated carbocycles. The predicted octanol–water partition coefficient (Wildman–Crippen LogP) is 2.02. The predicted molar refractivity (Wildman–Crippen MR) is 81.7 cm³/mol. The number of hydrogen-bond acceptors (Lipinski definition) is 4. The molecule has 1 aliphatic heterocycles. The van der Waals surface area contributed by atoms with Gasteiger partial charge in [-0.25, -0.2) is 0 Å². The third-order valence-electron chi connectivity index (χ3n) is 3.52. The number of ether oxygens (including phenoxy) is 2. The normalized spacial score (nSPS) is 16.7. The summed E-state index contributed by atoms with van der Waals surface area (Å²) in [7, 11) is 0. The van der Waals surface area contributed by atoms with Crippen LogP contribution in [0, 0.1) is 0 Å². The van der Waals surface area contributed by atoms with Crippen molar-refractivity contribution in [3.05, 3.63) is 23.8 Å². The lowest BCUT2D eigenvalue weighted by Gasteiger charge is -2.20. The molecule has 1 heterocycles. The second-order valence-electron chi connectivity index (χ2n) is 5.26. The fourth-order valence-electron chi connectivity index (χ4n) is 2.32. The van der Waals surface area contributed by atoms with Crippen molar-refractivity contribution in [1.82, 2.24) is 10.6 Å². The maximum absolute atomic E-state index is 11.8.